The van der Waals surface area contributed by atoms with E-state index in [2.05, 4.69) is 32.5 Å². The number of benzene rings is 1. The molecule has 0 spiro atoms. The molecule has 5 aromatic rings. The van der Waals surface area contributed by atoms with Crippen LogP contribution in [0.3, 0.4) is 0 Å². The van der Waals surface area contributed by atoms with Gasteiger partial charge in [-0.25, -0.2) is 28.1 Å². The molecule has 0 aliphatic heterocycles. The quantitative estimate of drug-likeness (QED) is 0.154. The number of pyridine rings is 2. The van der Waals surface area contributed by atoms with Crippen LogP contribution in [0.1, 0.15) is 71.8 Å². The number of aromatic nitrogens is 6. The molecule has 0 radical (unpaired) electrons. The van der Waals surface area contributed by atoms with E-state index in [4.69, 9.17) is 4.98 Å². The van der Waals surface area contributed by atoms with Gasteiger partial charge < -0.3 is 5.32 Å². The van der Waals surface area contributed by atoms with Crippen LogP contribution in [0, 0.1) is 42.2 Å². The Morgan fingerprint density at radius 2 is 1.80 bits per heavy atom. The minimum atomic E-state index is -5.03. The van der Waals surface area contributed by atoms with E-state index in [-0.39, 0.29) is 35.7 Å². The Morgan fingerprint density at radius 1 is 1.10 bits per heavy atom. The van der Waals surface area contributed by atoms with Gasteiger partial charge in [0, 0.05) is 40.3 Å². The Morgan fingerprint density at radius 3 is 2.49 bits per heavy atom. The average molecular weight is 712 g/mol. The minimum Gasteiger partial charge on any atom is -0.346 e. The lowest BCUT2D eigenvalue weighted by atomic mass is 9.94. The second-order valence-corrected chi connectivity index (χ2v) is 13.0. The molecular weight excluding hydrogens is 683 g/mol. The van der Waals surface area contributed by atoms with Gasteiger partial charge >= 0.3 is 11.9 Å². The highest BCUT2D eigenvalue weighted by Crippen LogP contribution is 2.68. The van der Waals surface area contributed by atoms with Gasteiger partial charge in [0.15, 0.2) is 11.3 Å². The number of rotatable bonds is 7. The highest BCUT2D eigenvalue weighted by atomic mass is 19.4. The first-order valence-electron chi connectivity index (χ1n) is 15.9. The molecule has 2 aliphatic carbocycles. The number of aryl methyl sites for hydroxylation is 1. The summed E-state index contributed by atoms with van der Waals surface area (Å²) in [6.07, 6.45) is -5.44. The van der Waals surface area contributed by atoms with Crippen molar-refractivity contribution in [2.45, 2.75) is 64.2 Å². The number of alkyl halides is 5. The third kappa shape index (κ3) is 6.14. The van der Waals surface area contributed by atoms with E-state index < -0.39 is 76.7 Å². The lowest BCUT2D eigenvalue weighted by molar-refractivity contribution is -0.142. The average Bonchev–Trinajstić information content (AvgIpc) is 3.53. The van der Waals surface area contributed by atoms with E-state index in [1.54, 1.807) is 31.2 Å². The van der Waals surface area contributed by atoms with E-state index >= 15 is 8.78 Å². The Bertz CT molecular complexity index is 2330. The van der Waals surface area contributed by atoms with Crippen molar-refractivity contribution >= 4 is 11.6 Å². The monoisotopic (exact) mass is 711 g/mol. The molecule has 16 heteroatoms. The van der Waals surface area contributed by atoms with E-state index in [0.29, 0.717) is 33.2 Å². The zero-order chi connectivity index (χ0) is 36.6. The largest absolute Gasteiger partial charge is 0.435 e. The zero-order valence-electron chi connectivity index (χ0n) is 27.2. The Labute approximate surface area is 284 Å². The van der Waals surface area contributed by atoms with Gasteiger partial charge in [-0.2, -0.15) is 32.1 Å². The second-order valence-electron chi connectivity index (χ2n) is 13.0. The molecule has 0 bridgehead atoms. The van der Waals surface area contributed by atoms with Crippen LogP contribution in [0.15, 0.2) is 47.3 Å². The van der Waals surface area contributed by atoms with Crippen molar-refractivity contribution in [2.24, 2.45) is 11.8 Å². The fourth-order valence-electron chi connectivity index (χ4n) is 6.83. The van der Waals surface area contributed by atoms with Gasteiger partial charge in [0.25, 0.3) is 5.92 Å². The van der Waals surface area contributed by atoms with Crippen LogP contribution in [-0.2, 0) is 29.9 Å². The molecule has 0 saturated heterocycles. The Kier molecular flexibility index (Phi) is 8.07. The van der Waals surface area contributed by atoms with Crippen LogP contribution < -0.4 is 11.0 Å². The highest BCUT2D eigenvalue weighted by molar-refractivity contribution is 5.78. The number of amides is 1. The summed E-state index contributed by atoms with van der Waals surface area (Å²) in [4.78, 5) is 31.0. The van der Waals surface area contributed by atoms with Crippen molar-refractivity contribution in [3.05, 3.63) is 104 Å². The summed E-state index contributed by atoms with van der Waals surface area (Å²) < 4.78 is 103. The predicted molar refractivity (Wildman–Crippen MR) is 168 cm³/mol. The van der Waals surface area contributed by atoms with E-state index in [1.807, 2.05) is 13.8 Å². The van der Waals surface area contributed by atoms with Crippen molar-refractivity contribution in [3.8, 4) is 23.0 Å². The maximum absolute atomic E-state index is 15.3. The molecule has 4 aromatic heterocycles. The van der Waals surface area contributed by atoms with E-state index in [9.17, 15) is 31.5 Å². The normalized spacial score (nSPS) is 17.9. The third-order valence-electron chi connectivity index (χ3n) is 9.05. The molecule has 1 aromatic carbocycles. The molecule has 9 nitrogen and oxygen atoms in total. The van der Waals surface area contributed by atoms with Gasteiger partial charge in [-0.3, -0.25) is 9.48 Å². The number of nitrogens with one attached hydrogen (secondary N) is 2. The lowest BCUT2D eigenvalue weighted by Crippen LogP contribution is -2.35. The van der Waals surface area contributed by atoms with Crippen LogP contribution in [0.25, 0.3) is 16.8 Å². The topological polar surface area (TPSA) is 110 Å². The fourth-order valence-corrected chi connectivity index (χ4v) is 6.83. The number of carbonyl (C=O) groups excluding carboxylic acids is 1. The maximum Gasteiger partial charge on any atom is 0.435 e. The molecule has 1 amide bonds. The van der Waals surface area contributed by atoms with Gasteiger partial charge in [-0.1, -0.05) is 19.8 Å². The van der Waals surface area contributed by atoms with Crippen LogP contribution in [0.5, 0.6) is 0 Å². The summed E-state index contributed by atoms with van der Waals surface area (Å²) in [5.74, 6) is -2.91. The number of hydrogen-bond donors (Lipinski definition) is 2. The number of carbonyl (C=O) groups is 1. The van der Waals surface area contributed by atoms with Gasteiger partial charge in [0.1, 0.15) is 29.6 Å². The SMILES string of the molecule is Cc1c(-c2ccc(C#CC(C)C)nc2[C@H](Cc2cc(F)cc(F)c2)NC(=O)Cn2nc(C(F)(F)F)c3c2C(F)(F)[C@@H]2C[C@H]32)ccc2n[nH]c(=O)n12. The van der Waals surface area contributed by atoms with Crippen LogP contribution >= 0.6 is 0 Å². The minimum absolute atomic E-state index is 0.0557. The molecular formula is C35H28F7N7O2. The number of halogens is 7. The summed E-state index contributed by atoms with van der Waals surface area (Å²) in [6.45, 7) is 4.34. The molecule has 1 fully saturated rings. The lowest BCUT2D eigenvalue weighted by Gasteiger charge is -2.23. The van der Waals surface area contributed by atoms with E-state index in [1.165, 1.54) is 4.40 Å². The summed E-state index contributed by atoms with van der Waals surface area (Å²) in [7, 11) is 0. The van der Waals surface area contributed by atoms with Crippen molar-refractivity contribution in [1.29, 1.82) is 0 Å². The third-order valence-corrected chi connectivity index (χ3v) is 9.05. The van der Waals surface area contributed by atoms with Gasteiger partial charge in [0.2, 0.25) is 5.91 Å². The highest BCUT2D eigenvalue weighted by Gasteiger charge is 2.68. The van der Waals surface area contributed by atoms with Gasteiger partial charge in [0.05, 0.1) is 11.7 Å². The van der Waals surface area contributed by atoms with Crippen molar-refractivity contribution in [1.82, 2.24) is 34.7 Å². The summed E-state index contributed by atoms with van der Waals surface area (Å²) in [6, 6.07) is 7.95. The molecule has 0 unspecified atom stereocenters. The molecule has 3 atom stereocenters. The van der Waals surface area contributed by atoms with E-state index in [0.717, 1.165) is 12.1 Å². The first kappa shape index (κ1) is 34.0. The Balaban J connectivity index is 1.34. The molecule has 1 saturated carbocycles. The van der Waals surface area contributed by atoms with Crippen molar-refractivity contribution < 1.29 is 35.5 Å². The second kappa shape index (κ2) is 12.1. The number of aromatic amines is 1. The molecule has 264 valence electrons. The first-order chi connectivity index (χ1) is 24.0. The smallest absolute Gasteiger partial charge is 0.346 e. The summed E-state index contributed by atoms with van der Waals surface area (Å²) in [5, 5.41) is 12.4. The number of fused-ring (bicyclic) bond motifs is 4. The van der Waals surface area contributed by atoms with Crippen LogP contribution in [0.4, 0.5) is 30.7 Å². The number of hydrogen-bond acceptors (Lipinski definition) is 5. The van der Waals surface area contributed by atoms with Gasteiger partial charge in [-0.15, -0.1) is 0 Å². The number of nitrogens with zero attached hydrogens (tertiary/aromatic N) is 5. The van der Waals surface area contributed by atoms with Crippen molar-refractivity contribution in [3.63, 3.8) is 0 Å². The molecule has 7 rings (SSSR count). The summed E-state index contributed by atoms with van der Waals surface area (Å²) in [5.41, 5.74) is -1.52. The molecule has 4 heterocycles. The molecule has 2 N–H and O–H groups in total. The zero-order valence-corrected chi connectivity index (χ0v) is 27.2. The first-order valence-corrected chi connectivity index (χ1v) is 15.9. The molecule has 2 aliphatic rings. The Hall–Kier alpha value is -5.46. The van der Waals surface area contributed by atoms with Crippen LogP contribution in [0.2, 0.25) is 0 Å². The fraction of sp³-hybridized carbons (Fsp3) is 0.343. The predicted octanol–water partition coefficient (Wildman–Crippen LogP) is 6.20. The molecule has 51 heavy (non-hydrogen) atoms. The summed E-state index contributed by atoms with van der Waals surface area (Å²) >= 11 is 0. The van der Waals surface area contributed by atoms with Crippen LogP contribution in [-0.4, -0.2) is 35.3 Å². The number of H-pyrrole nitrogens is 1. The van der Waals surface area contributed by atoms with Crippen molar-refractivity contribution in [2.75, 3.05) is 0 Å². The maximum atomic E-state index is 15.3. The van der Waals surface area contributed by atoms with Gasteiger partial charge in [-0.05, 0) is 73.6 Å². The standard InChI is InChI=1S/C35H28F7N7O2/c1-16(2)4-5-21-6-7-23(22-8-9-27-45-46-33(51)49(27)17(22)3)30(43-21)26(12-18-10-19(36)13-20(37)11-18)44-28(50)15-48-32-29(31(47-48)35(40,41)42)24-14-25(24)34(32,38)39/h6-11,13,16,24-26H,12,14-15H2,1-3H3,(H,44,50)(H,46,51)/t24-,25+,26-/m0/s1.